The molecule has 0 bridgehead atoms. The smallest absolute Gasteiger partial charge is 0.235 e. The van der Waals surface area contributed by atoms with Gasteiger partial charge in [0.2, 0.25) is 11.8 Å². The summed E-state index contributed by atoms with van der Waals surface area (Å²) >= 11 is 3.48. The fourth-order valence-corrected chi connectivity index (χ4v) is 4.97. The van der Waals surface area contributed by atoms with Gasteiger partial charge in [0.05, 0.1) is 11.5 Å². The number of rotatable bonds is 6. The molecular formula is C24H28BrN3O3. The fourth-order valence-electron chi connectivity index (χ4n) is 4.71. The number of hydrogen-bond acceptors (Lipinski definition) is 4. The quantitative estimate of drug-likeness (QED) is 0.654. The van der Waals surface area contributed by atoms with Gasteiger partial charge in [0.15, 0.2) is 0 Å². The maximum absolute atomic E-state index is 13.5. The lowest BCUT2D eigenvalue weighted by Crippen LogP contribution is -2.44. The van der Waals surface area contributed by atoms with E-state index >= 15 is 0 Å². The molecule has 1 atom stereocenters. The number of nitrogens with two attached hydrogens (primary N) is 1. The molecule has 4 rings (SSSR count). The molecule has 0 aliphatic carbocycles. The van der Waals surface area contributed by atoms with Crippen molar-refractivity contribution in [1.82, 2.24) is 4.90 Å². The third-order valence-electron chi connectivity index (χ3n) is 6.44. The molecule has 3 N–H and O–H groups in total. The van der Waals surface area contributed by atoms with E-state index in [9.17, 15) is 9.59 Å². The van der Waals surface area contributed by atoms with Gasteiger partial charge in [-0.2, -0.15) is 0 Å². The minimum atomic E-state index is -0.610. The number of nitrogens with zero attached hydrogens (tertiary/aromatic N) is 1. The van der Waals surface area contributed by atoms with Gasteiger partial charge < -0.3 is 15.8 Å². The summed E-state index contributed by atoms with van der Waals surface area (Å²) in [5.74, 6) is -0.274. The second-order valence-corrected chi connectivity index (χ2v) is 9.30. The molecule has 2 aromatic rings. The molecule has 6 nitrogen and oxygen atoms in total. The van der Waals surface area contributed by atoms with E-state index in [0.717, 1.165) is 40.7 Å². The van der Waals surface area contributed by atoms with Crippen molar-refractivity contribution < 1.29 is 14.3 Å². The number of ether oxygens (including phenoxy) is 1. The predicted octanol–water partition coefficient (Wildman–Crippen LogP) is 3.59. The van der Waals surface area contributed by atoms with E-state index in [1.807, 2.05) is 48.5 Å². The molecule has 2 amide bonds. The Hall–Kier alpha value is -2.22. The highest BCUT2D eigenvalue weighted by Gasteiger charge is 2.41. The second-order valence-electron chi connectivity index (χ2n) is 8.39. The highest BCUT2D eigenvalue weighted by Crippen LogP contribution is 2.37. The maximum atomic E-state index is 13.5. The van der Waals surface area contributed by atoms with E-state index in [1.165, 1.54) is 0 Å². The molecule has 0 radical (unpaired) electrons. The Morgan fingerprint density at radius 3 is 2.61 bits per heavy atom. The first-order valence-electron chi connectivity index (χ1n) is 10.8. The third kappa shape index (κ3) is 4.84. The molecule has 2 heterocycles. The van der Waals surface area contributed by atoms with Gasteiger partial charge >= 0.3 is 0 Å². The van der Waals surface area contributed by atoms with Crippen LogP contribution in [0.1, 0.15) is 36.8 Å². The first kappa shape index (κ1) is 22.0. The summed E-state index contributed by atoms with van der Waals surface area (Å²) in [6.07, 6.45) is 3.08. The molecule has 2 saturated heterocycles. The van der Waals surface area contributed by atoms with Crippen LogP contribution in [0.3, 0.4) is 0 Å². The van der Waals surface area contributed by atoms with Gasteiger partial charge in [-0.15, -0.1) is 0 Å². The van der Waals surface area contributed by atoms with Crippen molar-refractivity contribution in [1.29, 1.82) is 0 Å². The molecule has 2 aromatic carbocycles. The number of anilines is 1. The highest BCUT2D eigenvalue weighted by atomic mass is 79.9. The molecular weight excluding hydrogens is 458 g/mol. The first-order chi connectivity index (χ1) is 15.0. The van der Waals surface area contributed by atoms with Gasteiger partial charge in [-0.3, -0.25) is 14.5 Å². The maximum Gasteiger partial charge on any atom is 0.235 e. The average Bonchev–Trinajstić information content (AvgIpc) is 3.23. The van der Waals surface area contributed by atoms with Crippen LogP contribution in [0.15, 0.2) is 53.0 Å². The van der Waals surface area contributed by atoms with Crippen molar-refractivity contribution in [2.75, 3.05) is 25.1 Å². The Bertz CT molecular complexity index is 941. The zero-order chi connectivity index (χ0) is 21.8. The summed E-state index contributed by atoms with van der Waals surface area (Å²) in [6.45, 7) is 2.62. The van der Waals surface area contributed by atoms with Crippen molar-refractivity contribution in [3.05, 3.63) is 64.1 Å². The molecule has 7 heteroatoms. The Balaban J connectivity index is 1.52. The normalized spacial score (nSPS) is 21.0. The van der Waals surface area contributed by atoms with Crippen molar-refractivity contribution in [2.45, 2.75) is 43.7 Å². The van der Waals surface area contributed by atoms with Crippen molar-refractivity contribution >= 4 is 33.4 Å². The Labute approximate surface area is 191 Å². The van der Waals surface area contributed by atoms with E-state index in [0.29, 0.717) is 32.6 Å². The monoisotopic (exact) mass is 485 g/mol. The standard InChI is InChI=1S/C24H28BrN3O3/c25-19-8-6-18(7-9-19)24(10-13-31-14-11-24)23(30)27-20-4-1-3-17(15-20)16-28-12-2-5-21(28)22(26)29/h1,3-4,6-9,15,21H,2,5,10-14,16H2,(H2,26,29)(H,27,30). The minimum absolute atomic E-state index is 0.00791. The SMILES string of the molecule is NC(=O)C1CCCN1Cc1cccc(NC(=O)C2(c3ccc(Br)cc3)CCOCC2)c1. The number of carbonyl (C=O) groups excluding carboxylic acids is 2. The number of hydrogen-bond donors (Lipinski definition) is 2. The van der Waals surface area contributed by atoms with E-state index in [4.69, 9.17) is 10.5 Å². The lowest BCUT2D eigenvalue weighted by Gasteiger charge is -2.36. The molecule has 31 heavy (non-hydrogen) atoms. The highest BCUT2D eigenvalue weighted by molar-refractivity contribution is 9.10. The minimum Gasteiger partial charge on any atom is -0.381 e. The number of halogens is 1. The molecule has 1 unspecified atom stereocenters. The molecule has 2 fully saturated rings. The number of amides is 2. The molecule has 164 valence electrons. The van der Waals surface area contributed by atoms with Crippen molar-refractivity contribution in [3.63, 3.8) is 0 Å². The van der Waals surface area contributed by atoms with Crippen molar-refractivity contribution in [2.24, 2.45) is 5.73 Å². The molecule has 0 saturated carbocycles. The van der Waals surface area contributed by atoms with Crippen LogP contribution in [0.25, 0.3) is 0 Å². The van der Waals surface area contributed by atoms with Crippen LogP contribution in [-0.4, -0.2) is 42.5 Å². The van der Waals surface area contributed by atoms with E-state index in [1.54, 1.807) is 0 Å². The van der Waals surface area contributed by atoms with Crippen LogP contribution >= 0.6 is 15.9 Å². The van der Waals surface area contributed by atoms with Gasteiger partial charge in [0.25, 0.3) is 0 Å². The van der Waals surface area contributed by atoms with E-state index in [-0.39, 0.29) is 17.9 Å². The Morgan fingerprint density at radius 1 is 1.16 bits per heavy atom. The molecule has 2 aliphatic rings. The Kier molecular flexibility index (Phi) is 6.74. The van der Waals surface area contributed by atoms with E-state index < -0.39 is 5.41 Å². The largest absolute Gasteiger partial charge is 0.381 e. The topological polar surface area (TPSA) is 84.7 Å². The summed E-state index contributed by atoms with van der Waals surface area (Å²) in [6, 6.07) is 15.6. The zero-order valence-electron chi connectivity index (χ0n) is 17.5. The first-order valence-corrected chi connectivity index (χ1v) is 11.5. The molecule has 0 aromatic heterocycles. The summed E-state index contributed by atoms with van der Waals surface area (Å²) in [7, 11) is 0. The second kappa shape index (κ2) is 9.51. The van der Waals surface area contributed by atoms with Crippen LogP contribution in [0, 0.1) is 0 Å². The lowest BCUT2D eigenvalue weighted by atomic mass is 9.73. The molecule has 0 spiro atoms. The number of carbonyl (C=O) groups is 2. The number of nitrogens with one attached hydrogen (secondary N) is 1. The number of primary amides is 1. The Morgan fingerprint density at radius 2 is 1.90 bits per heavy atom. The predicted molar refractivity (Wildman–Crippen MR) is 124 cm³/mol. The van der Waals surface area contributed by atoms with Gasteiger partial charge in [-0.25, -0.2) is 0 Å². The van der Waals surface area contributed by atoms with Gasteiger partial charge in [-0.1, -0.05) is 40.2 Å². The lowest BCUT2D eigenvalue weighted by molar-refractivity contribution is -0.125. The van der Waals surface area contributed by atoms with Crippen LogP contribution in [0.4, 0.5) is 5.69 Å². The van der Waals surface area contributed by atoms with Crippen LogP contribution in [0.5, 0.6) is 0 Å². The van der Waals surface area contributed by atoms with Crippen LogP contribution < -0.4 is 11.1 Å². The van der Waals surface area contributed by atoms with Crippen LogP contribution in [-0.2, 0) is 26.3 Å². The fraction of sp³-hybridized carbons (Fsp3) is 0.417. The van der Waals surface area contributed by atoms with Gasteiger partial charge in [-0.05, 0) is 67.6 Å². The number of benzene rings is 2. The van der Waals surface area contributed by atoms with Gasteiger partial charge in [0.1, 0.15) is 0 Å². The van der Waals surface area contributed by atoms with Gasteiger partial charge in [0, 0.05) is 29.9 Å². The number of likely N-dealkylation sites (tertiary alicyclic amines) is 1. The zero-order valence-corrected chi connectivity index (χ0v) is 19.1. The summed E-state index contributed by atoms with van der Waals surface area (Å²) in [5, 5.41) is 3.15. The summed E-state index contributed by atoms with van der Waals surface area (Å²) in [5.41, 5.74) is 7.76. The average molecular weight is 486 g/mol. The molecule has 2 aliphatic heterocycles. The summed E-state index contributed by atoms with van der Waals surface area (Å²) in [4.78, 5) is 27.3. The third-order valence-corrected chi connectivity index (χ3v) is 6.97. The van der Waals surface area contributed by atoms with Crippen LogP contribution in [0.2, 0.25) is 0 Å². The van der Waals surface area contributed by atoms with Crippen molar-refractivity contribution in [3.8, 4) is 0 Å². The summed E-state index contributed by atoms with van der Waals surface area (Å²) < 4.78 is 6.55. The van der Waals surface area contributed by atoms with E-state index in [2.05, 4.69) is 26.1 Å².